The highest BCUT2D eigenvalue weighted by molar-refractivity contribution is 5.83. The topological polar surface area (TPSA) is 26.2 Å². The van der Waals surface area contributed by atoms with Crippen LogP contribution in [0, 0.1) is 0 Å². The van der Waals surface area contributed by atoms with E-state index in [0.29, 0.717) is 0 Å². The molecule has 0 spiro atoms. The van der Waals surface area contributed by atoms with E-state index in [-0.39, 0.29) is 0 Å². The average Bonchev–Trinajstić information content (AvgIpc) is 2.86. The molecule has 1 heterocycles. The number of rotatable bonds is 10. The van der Waals surface area contributed by atoms with Gasteiger partial charge in [-0.05, 0) is 50.9 Å². The lowest BCUT2D eigenvalue weighted by Crippen LogP contribution is -2.13. The highest BCUT2D eigenvalue weighted by atomic mass is 16.5. The number of aromatic nitrogens is 1. The zero-order chi connectivity index (χ0) is 14.9. The zero-order valence-electron chi connectivity index (χ0n) is 13.4. The standard InChI is InChI=1S/C18H28N2O/c1-3-19-12-8-7-9-16-15-20(13-14-21-4-2)18-11-6-5-10-17(16)18/h5-6,10-11,15,19H,3-4,7-9,12-14H2,1-2H3. The lowest BCUT2D eigenvalue weighted by molar-refractivity contribution is 0.140. The van der Waals surface area contributed by atoms with E-state index >= 15 is 0 Å². The number of fused-ring (bicyclic) bond motifs is 1. The Hall–Kier alpha value is -1.32. The molecule has 3 heteroatoms. The van der Waals surface area contributed by atoms with Crippen molar-refractivity contribution >= 4 is 10.9 Å². The Kier molecular flexibility index (Phi) is 6.77. The van der Waals surface area contributed by atoms with Gasteiger partial charge in [0.05, 0.1) is 6.61 Å². The molecular weight excluding hydrogens is 260 g/mol. The van der Waals surface area contributed by atoms with E-state index in [2.05, 4.69) is 47.3 Å². The quantitative estimate of drug-likeness (QED) is 0.676. The minimum Gasteiger partial charge on any atom is -0.380 e. The van der Waals surface area contributed by atoms with E-state index in [4.69, 9.17) is 4.74 Å². The van der Waals surface area contributed by atoms with Gasteiger partial charge in [0, 0.05) is 30.3 Å². The molecule has 0 radical (unpaired) electrons. The van der Waals surface area contributed by atoms with Crippen molar-refractivity contribution in [1.29, 1.82) is 0 Å². The first-order valence-electron chi connectivity index (χ1n) is 8.22. The first-order chi connectivity index (χ1) is 10.4. The fourth-order valence-electron chi connectivity index (χ4n) is 2.76. The van der Waals surface area contributed by atoms with Crippen LogP contribution in [-0.2, 0) is 17.7 Å². The van der Waals surface area contributed by atoms with Crippen molar-refractivity contribution in [2.75, 3.05) is 26.3 Å². The van der Waals surface area contributed by atoms with Crippen molar-refractivity contribution in [3.8, 4) is 0 Å². The lowest BCUT2D eigenvalue weighted by Gasteiger charge is -2.04. The third-order valence-electron chi connectivity index (χ3n) is 3.85. The van der Waals surface area contributed by atoms with Gasteiger partial charge in [0.15, 0.2) is 0 Å². The highest BCUT2D eigenvalue weighted by Crippen LogP contribution is 2.22. The molecule has 2 aromatic rings. The summed E-state index contributed by atoms with van der Waals surface area (Å²) in [6.45, 7) is 8.91. The van der Waals surface area contributed by atoms with Gasteiger partial charge in [-0.3, -0.25) is 0 Å². The largest absolute Gasteiger partial charge is 0.380 e. The van der Waals surface area contributed by atoms with Crippen LogP contribution in [0.4, 0.5) is 0 Å². The van der Waals surface area contributed by atoms with Crippen LogP contribution in [0.25, 0.3) is 10.9 Å². The molecule has 1 N–H and O–H groups in total. The fraction of sp³-hybridized carbons (Fsp3) is 0.556. The van der Waals surface area contributed by atoms with Crippen molar-refractivity contribution in [2.24, 2.45) is 0 Å². The van der Waals surface area contributed by atoms with Gasteiger partial charge in [-0.2, -0.15) is 0 Å². The summed E-state index contributed by atoms with van der Waals surface area (Å²) in [5, 5.41) is 4.79. The Morgan fingerprint density at radius 2 is 2.00 bits per heavy atom. The predicted octanol–water partition coefficient (Wildman–Crippen LogP) is 3.61. The highest BCUT2D eigenvalue weighted by Gasteiger charge is 2.07. The van der Waals surface area contributed by atoms with E-state index in [1.165, 1.54) is 29.3 Å². The van der Waals surface area contributed by atoms with E-state index in [0.717, 1.165) is 39.3 Å². The molecule has 0 fully saturated rings. The van der Waals surface area contributed by atoms with Crippen LogP contribution < -0.4 is 5.32 Å². The van der Waals surface area contributed by atoms with Crippen LogP contribution in [-0.4, -0.2) is 30.9 Å². The molecule has 0 amide bonds. The van der Waals surface area contributed by atoms with Crippen LogP contribution >= 0.6 is 0 Å². The summed E-state index contributed by atoms with van der Waals surface area (Å²) in [5.74, 6) is 0. The Bertz CT molecular complexity index is 533. The number of nitrogens with zero attached hydrogens (tertiary/aromatic N) is 1. The maximum Gasteiger partial charge on any atom is 0.0645 e. The number of ether oxygens (including phenoxy) is 1. The molecule has 1 aromatic carbocycles. The summed E-state index contributed by atoms with van der Waals surface area (Å²) in [5.41, 5.74) is 2.80. The SMILES string of the molecule is CCNCCCCc1cn(CCOCC)c2ccccc12. The number of hydrogen-bond donors (Lipinski definition) is 1. The van der Waals surface area contributed by atoms with Gasteiger partial charge in [0.2, 0.25) is 0 Å². The molecule has 0 atom stereocenters. The molecule has 116 valence electrons. The number of nitrogens with one attached hydrogen (secondary N) is 1. The Labute approximate surface area is 128 Å². The molecule has 21 heavy (non-hydrogen) atoms. The Morgan fingerprint density at radius 3 is 2.81 bits per heavy atom. The molecular formula is C18H28N2O. The van der Waals surface area contributed by atoms with Crippen molar-refractivity contribution < 1.29 is 4.74 Å². The minimum atomic E-state index is 0.787. The van der Waals surface area contributed by atoms with Gasteiger partial charge in [-0.15, -0.1) is 0 Å². The van der Waals surface area contributed by atoms with E-state index in [1.54, 1.807) is 0 Å². The van der Waals surface area contributed by atoms with Crippen molar-refractivity contribution in [3.63, 3.8) is 0 Å². The van der Waals surface area contributed by atoms with E-state index < -0.39 is 0 Å². The zero-order valence-corrected chi connectivity index (χ0v) is 13.4. The summed E-state index contributed by atoms with van der Waals surface area (Å²) in [7, 11) is 0. The third kappa shape index (κ3) is 4.58. The molecule has 0 saturated carbocycles. The average molecular weight is 288 g/mol. The van der Waals surface area contributed by atoms with Crippen LogP contribution in [0.1, 0.15) is 32.3 Å². The molecule has 0 aliphatic carbocycles. The molecule has 3 nitrogen and oxygen atoms in total. The molecule has 0 aliphatic rings. The Morgan fingerprint density at radius 1 is 1.14 bits per heavy atom. The molecule has 0 aliphatic heterocycles. The van der Waals surface area contributed by atoms with Gasteiger partial charge < -0.3 is 14.6 Å². The lowest BCUT2D eigenvalue weighted by atomic mass is 10.1. The van der Waals surface area contributed by atoms with Gasteiger partial charge in [-0.1, -0.05) is 25.1 Å². The first-order valence-corrected chi connectivity index (χ1v) is 8.22. The molecule has 1 aromatic heterocycles. The number of hydrogen-bond acceptors (Lipinski definition) is 2. The second-order valence-corrected chi connectivity index (χ2v) is 5.37. The summed E-state index contributed by atoms with van der Waals surface area (Å²) in [6, 6.07) is 8.71. The van der Waals surface area contributed by atoms with Crippen LogP contribution in [0.3, 0.4) is 0 Å². The third-order valence-corrected chi connectivity index (χ3v) is 3.85. The van der Waals surface area contributed by atoms with Crippen molar-refractivity contribution in [1.82, 2.24) is 9.88 Å². The van der Waals surface area contributed by atoms with Crippen LogP contribution in [0.15, 0.2) is 30.5 Å². The monoisotopic (exact) mass is 288 g/mol. The maximum absolute atomic E-state index is 5.49. The second-order valence-electron chi connectivity index (χ2n) is 5.37. The summed E-state index contributed by atoms with van der Waals surface area (Å²) in [6.07, 6.45) is 5.96. The minimum absolute atomic E-state index is 0.787. The van der Waals surface area contributed by atoms with Crippen LogP contribution in [0.5, 0.6) is 0 Å². The van der Waals surface area contributed by atoms with E-state index in [1.807, 2.05) is 6.92 Å². The number of para-hydroxylation sites is 1. The predicted molar refractivity (Wildman–Crippen MR) is 89.9 cm³/mol. The van der Waals surface area contributed by atoms with Gasteiger partial charge in [0.1, 0.15) is 0 Å². The van der Waals surface area contributed by atoms with E-state index in [9.17, 15) is 0 Å². The maximum atomic E-state index is 5.49. The van der Waals surface area contributed by atoms with Gasteiger partial charge in [-0.25, -0.2) is 0 Å². The normalized spacial score (nSPS) is 11.3. The summed E-state index contributed by atoms with van der Waals surface area (Å²) >= 11 is 0. The molecule has 0 bridgehead atoms. The summed E-state index contributed by atoms with van der Waals surface area (Å²) < 4.78 is 7.83. The number of benzene rings is 1. The Balaban J connectivity index is 2.01. The smallest absolute Gasteiger partial charge is 0.0645 e. The second kappa shape index (κ2) is 8.85. The van der Waals surface area contributed by atoms with Crippen LogP contribution in [0.2, 0.25) is 0 Å². The molecule has 0 saturated heterocycles. The van der Waals surface area contributed by atoms with Gasteiger partial charge >= 0.3 is 0 Å². The molecule has 2 rings (SSSR count). The number of aryl methyl sites for hydroxylation is 1. The molecule has 0 unspecified atom stereocenters. The summed E-state index contributed by atoms with van der Waals surface area (Å²) in [4.78, 5) is 0. The van der Waals surface area contributed by atoms with Crippen molar-refractivity contribution in [2.45, 2.75) is 39.7 Å². The van der Waals surface area contributed by atoms with Crippen molar-refractivity contribution in [3.05, 3.63) is 36.0 Å². The first kappa shape index (κ1) is 16.1. The van der Waals surface area contributed by atoms with Gasteiger partial charge in [0.25, 0.3) is 0 Å². The number of unbranched alkanes of at least 4 members (excludes halogenated alkanes) is 1. The fourth-order valence-corrected chi connectivity index (χ4v) is 2.76.